The van der Waals surface area contributed by atoms with Gasteiger partial charge in [0, 0.05) is 35.7 Å². The first-order valence-electron chi connectivity index (χ1n) is 9.60. The number of nitrogens with one attached hydrogen (secondary N) is 1. The van der Waals surface area contributed by atoms with E-state index >= 15 is 0 Å². The Morgan fingerprint density at radius 1 is 1.17 bits per heavy atom. The molecule has 0 spiro atoms. The zero-order chi connectivity index (χ0) is 20.7. The van der Waals surface area contributed by atoms with Crippen molar-refractivity contribution in [2.24, 2.45) is 0 Å². The van der Waals surface area contributed by atoms with Crippen molar-refractivity contribution in [1.82, 2.24) is 20.3 Å². The number of aromatic nitrogens is 4. The van der Waals surface area contributed by atoms with E-state index in [1.807, 2.05) is 36.4 Å². The lowest BCUT2D eigenvalue weighted by Gasteiger charge is -2.18. The van der Waals surface area contributed by atoms with Gasteiger partial charge in [-0.15, -0.1) is 0 Å². The summed E-state index contributed by atoms with van der Waals surface area (Å²) < 4.78 is 19.3. The smallest absolute Gasteiger partial charge is 0.275 e. The molecule has 5 rings (SSSR count). The summed E-state index contributed by atoms with van der Waals surface area (Å²) in [5.74, 6) is 0.111. The highest BCUT2D eigenvalue weighted by atomic mass is 19.1. The summed E-state index contributed by atoms with van der Waals surface area (Å²) in [6, 6.07) is 16.3. The summed E-state index contributed by atoms with van der Waals surface area (Å²) in [5.41, 5.74) is 3.38. The normalized spacial score (nSPS) is 16.4. The fourth-order valence-electron chi connectivity index (χ4n) is 3.70. The van der Waals surface area contributed by atoms with Gasteiger partial charge in [-0.2, -0.15) is 10.1 Å². The third kappa shape index (κ3) is 3.16. The number of hydrogen-bond donors (Lipinski definition) is 1. The third-order valence-electron chi connectivity index (χ3n) is 5.34. The Balaban J connectivity index is 1.37. The fraction of sp³-hybridized carbons (Fsp3) is 0.182. The average molecular weight is 403 g/mol. The lowest BCUT2D eigenvalue weighted by atomic mass is 10.1. The summed E-state index contributed by atoms with van der Waals surface area (Å²) in [4.78, 5) is 18.6. The zero-order valence-corrected chi connectivity index (χ0v) is 16.2. The number of amides is 1. The molecule has 7 nitrogen and oxygen atoms in total. The quantitative estimate of drug-likeness (QED) is 0.554. The number of anilines is 1. The molecule has 30 heavy (non-hydrogen) atoms. The van der Waals surface area contributed by atoms with Gasteiger partial charge in [0.1, 0.15) is 11.5 Å². The second-order valence-electron chi connectivity index (χ2n) is 7.28. The third-order valence-corrected chi connectivity index (χ3v) is 5.34. The largest absolute Gasteiger partial charge is 0.332 e. The van der Waals surface area contributed by atoms with Gasteiger partial charge in [0.2, 0.25) is 5.91 Å². The van der Waals surface area contributed by atoms with Crippen LogP contribution in [0.1, 0.15) is 23.7 Å². The van der Waals surface area contributed by atoms with E-state index in [9.17, 15) is 9.18 Å². The molecular formula is C22H18FN5O2. The van der Waals surface area contributed by atoms with E-state index in [4.69, 9.17) is 4.52 Å². The van der Waals surface area contributed by atoms with E-state index in [0.29, 0.717) is 35.2 Å². The molecule has 1 aliphatic heterocycles. The minimum Gasteiger partial charge on any atom is -0.332 e. The molecular weight excluding hydrogens is 385 g/mol. The molecule has 8 heteroatoms. The van der Waals surface area contributed by atoms with Crippen LogP contribution in [0.2, 0.25) is 0 Å². The molecule has 1 atom stereocenters. The van der Waals surface area contributed by atoms with Crippen molar-refractivity contribution in [2.75, 3.05) is 11.4 Å². The molecule has 0 bridgehead atoms. The molecule has 4 aromatic rings. The second kappa shape index (κ2) is 7.22. The van der Waals surface area contributed by atoms with E-state index in [0.717, 1.165) is 11.3 Å². The Labute approximate surface area is 171 Å². The molecule has 1 unspecified atom stereocenters. The zero-order valence-electron chi connectivity index (χ0n) is 16.2. The Morgan fingerprint density at radius 2 is 2.00 bits per heavy atom. The molecule has 3 heterocycles. The van der Waals surface area contributed by atoms with Crippen molar-refractivity contribution in [1.29, 1.82) is 0 Å². The van der Waals surface area contributed by atoms with Gasteiger partial charge in [-0.05, 0) is 25.1 Å². The van der Waals surface area contributed by atoms with Gasteiger partial charge in [-0.25, -0.2) is 4.39 Å². The van der Waals surface area contributed by atoms with Crippen molar-refractivity contribution < 1.29 is 13.7 Å². The second-order valence-corrected chi connectivity index (χ2v) is 7.28. The summed E-state index contributed by atoms with van der Waals surface area (Å²) in [6.45, 7) is 2.04. The van der Waals surface area contributed by atoms with Crippen molar-refractivity contribution in [3.8, 4) is 22.8 Å². The van der Waals surface area contributed by atoms with Gasteiger partial charge in [0.15, 0.2) is 5.82 Å². The van der Waals surface area contributed by atoms with E-state index in [1.54, 1.807) is 24.0 Å². The van der Waals surface area contributed by atoms with E-state index in [2.05, 4.69) is 20.3 Å². The molecule has 1 amide bonds. The number of carbonyl (C=O) groups is 1. The number of nitrogens with zero attached hydrogens (tertiary/aromatic N) is 4. The Kier molecular flexibility index (Phi) is 4.39. The lowest BCUT2D eigenvalue weighted by Crippen LogP contribution is -2.25. The predicted octanol–water partition coefficient (Wildman–Crippen LogP) is 4.09. The number of aromatic amines is 1. The Morgan fingerprint density at radius 3 is 2.83 bits per heavy atom. The summed E-state index contributed by atoms with van der Waals surface area (Å²) >= 11 is 0. The highest BCUT2D eigenvalue weighted by Gasteiger charge is 2.35. The number of H-pyrrole nitrogens is 1. The van der Waals surface area contributed by atoms with Crippen LogP contribution >= 0.6 is 0 Å². The van der Waals surface area contributed by atoms with Crippen LogP contribution in [0.3, 0.4) is 0 Å². The van der Waals surface area contributed by atoms with Crippen molar-refractivity contribution >= 4 is 11.6 Å². The topological polar surface area (TPSA) is 87.9 Å². The molecule has 1 saturated heterocycles. The first-order chi connectivity index (χ1) is 14.6. The van der Waals surface area contributed by atoms with Crippen molar-refractivity contribution in [3.05, 3.63) is 71.8 Å². The molecule has 1 fully saturated rings. The van der Waals surface area contributed by atoms with Crippen LogP contribution < -0.4 is 4.90 Å². The van der Waals surface area contributed by atoms with Gasteiger partial charge in [0.05, 0.1) is 5.69 Å². The number of halogens is 1. The van der Waals surface area contributed by atoms with Gasteiger partial charge in [0.25, 0.3) is 5.89 Å². The minimum atomic E-state index is -0.334. The molecule has 1 N–H and O–H groups in total. The van der Waals surface area contributed by atoms with Gasteiger partial charge >= 0.3 is 0 Å². The molecule has 1 aliphatic rings. The summed E-state index contributed by atoms with van der Waals surface area (Å²) in [6.07, 6.45) is 0.243. The van der Waals surface area contributed by atoms with Gasteiger partial charge < -0.3 is 9.42 Å². The number of carbonyl (C=O) groups excluding carboxylic acids is 1. The molecule has 2 aromatic carbocycles. The molecule has 2 aromatic heterocycles. The molecule has 0 aliphatic carbocycles. The fourth-order valence-corrected chi connectivity index (χ4v) is 3.70. The van der Waals surface area contributed by atoms with E-state index in [-0.39, 0.29) is 24.1 Å². The van der Waals surface area contributed by atoms with Crippen molar-refractivity contribution in [3.63, 3.8) is 0 Å². The first-order valence-corrected chi connectivity index (χ1v) is 9.60. The minimum absolute atomic E-state index is 0.0899. The average Bonchev–Trinajstić information content (AvgIpc) is 3.50. The van der Waals surface area contributed by atoms with Crippen LogP contribution in [-0.4, -0.2) is 32.8 Å². The lowest BCUT2D eigenvalue weighted by molar-refractivity contribution is -0.117. The Hall–Kier alpha value is -3.81. The predicted molar refractivity (Wildman–Crippen MR) is 108 cm³/mol. The van der Waals surface area contributed by atoms with Crippen LogP contribution in [0, 0.1) is 12.7 Å². The maximum absolute atomic E-state index is 13.9. The van der Waals surface area contributed by atoms with Crippen LogP contribution in [0.15, 0.2) is 59.1 Å². The first kappa shape index (κ1) is 18.2. The summed E-state index contributed by atoms with van der Waals surface area (Å²) in [5, 5.41) is 11.3. The molecule has 0 radical (unpaired) electrons. The van der Waals surface area contributed by atoms with Crippen LogP contribution in [0.4, 0.5) is 10.1 Å². The number of benzene rings is 2. The monoisotopic (exact) mass is 403 g/mol. The van der Waals surface area contributed by atoms with Crippen LogP contribution in [0.25, 0.3) is 22.8 Å². The van der Waals surface area contributed by atoms with Crippen molar-refractivity contribution in [2.45, 2.75) is 19.3 Å². The standard InChI is InChI=1S/C22H18FN5O2/c1-13-16(23)8-5-9-19(13)28-12-15(10-20(28)29)21-24-22(30-27-21)18-11-17(25-26-18)14-6-3-2-4-7-14/h2-9,11,15H,10,12H2,1H3,(H,25,26). The van der Waals surface area contributed by atoms with Crippen LogP contribution in [0.5, 0.6) is 0 Å². The van der Waals surface area contributed by atoms with Gasteiger partial charge in [-0.1, -0.05) is 41.6 Å². The number of rotatable bonds is 4. The summed E-state index contributed by atoms with van der Waals surface area (Å²) in [7, 11) is 0. The maximum atomic E-state index is 13.9. The highest BCUT2D eigenvalue weighted by molar-refractivity contribution is 5.97. The maximum Gasteiger partial charge on any atom is 0.275 e. The van der Waals surface area contributed by atoms with E-state index in [1.165, 1.54) is 6.07 Å². The highest BCUT2D eigenvalue weighted by Crippen LogP contribution is 2.33. The Bertz CT molecular complexity index is 1220. The van der Waals surface area contributed by atoms with Crippen LogP contribution in [-0.2, 0) is 4.79 Å². The van der Waals surface area contributed by atoms with E-state index < -0.39 is 0 Å². The molecule has 0 saturated carbocycles. The van der Waals surface area contributed by atoms with Gasteiger partial charge in [-0.3, -0.25) is 9.89 Å². The SMILES string of the molecule is Cc1c(F)cccc1N1CC(c2noc(-c3cc(-c4ccccc4)n[nH]3)n2)CC1=O. The number of hydrogen-bond acceptors (Lipinski definition) is 5. The molecule has 150 valence electrons.